The molecule has 1 aromatic heterocycles. The first-order valence-corrected chi connectivity index (χ1v) is 4.95. The third-order valence-electron chi connectivity index (χ3n) is 1.80. The number of nitrogens with zero attached hydrogens (tertiary/aromatic N) is 2. The van der Waals surface area contributed by atoms with Gasteiger partial charge in [0.15, 0.2) is 0 Å². The quantitative estimate of drug-likeness (QED) is 0.360. The van der Waals surface area contributed by atoms with Crippen LogP contribution in [0.5, 0.6) is 0 Å². The fourth-order valence-electron chi connectivity index (χ4n) is 1.07. The highest BCUT2D eigenvalue weighted by atomic mass is 32.1. The molecule has 0 aromatic carbocycles. The normalized spacial score (nSPS) is 11.4. The maximum atomic E-state index is 10.6. The second kappa shape index (κ2) is 4.71. The summed E-state index contributed by atoms with van der Waals surface area (Å²) in [6.45, 7) is 1.47. The van der Waals surface area contributed by atoms with Crippen LogP contribution in [0.2, 0.25) is 0 Å². The molecule has 0 saturated heterocycles. The Morgan fingerprint density at radius 3 is 2.75 bits per heavy atom. The molecule has 0 atom stereocenters. The van der Waals surface area contributed by atoms with Gasteiger partial charge in [0, 0.05) is 6.07 Å². The van der Waals surface area contributed by atoms with E-state index in [4.69, 9.17) is 10.3 Å². The van der Waals surface area contributed by atoms with Crippen molar-refractivity contribution in [3.63, 3.8) is 0 Å². The molecule has 0 bridgehead atoms. The van der Waals surface area contributed by atoms with E-state index in [1.165, 1.54) is 13.0 Å². The number of nitro groups is 1. The van der Waals surface area contributed by atoms with Gasteiger partial charge in [0.05, 0.1) is 26.8 Å². The largest absolute Gasteiger partial charge is 0.481 e. The Morgan fingerprint density at radius 2 is 2.31 bits per heavy atom. The summed E-state index contributed by atoms with van der Waals surface area (Å²) in [5, 5.41) is 30.7. The van der Waals surface area contributed by atoms with Gasteiger partial charge in [0.2, 0.25) is 0 Å². The van der Waals surface area contributed by atoms with Crippen LogP contribution in [0, 0.1) is 10.1 Å². The summed E-state index contributed by atoms with van der Waals surface area (Å²) in [4.78, 5) is 21.0. The van der Waals surface area contributed by atoms with Gasteiger partial charge in [-0.15, -0.1) is 11.3 Å². The Labute approximate surface area is 93.8 Å². The number of rotatable bonds is 4. The predicted octanol–water partition coefficient (Wildman–Crippen LogP) is 1.48. The fraction of sp³-hybridized carbons (Fsp3) is 0.250. The van der Waals surface area contributed by atoms with Crippen LogP contribution in [0.3, 0.4) is 0 Å². The maximum Gasteiger partial charge on any atom is 0.308 e. The molecule has 0 unspecified atom stereocenters. The van der Waals surface area contributed by atoms with Gasteiger partial charge in [0.1, 0.15) is 0 Å². The lowest BCUT2D eigenvalue weighted by Crippen LogP contribution is -2.00. The number of carbonyl (C=O) groups is 1. The van der Waals surface area contributed by atoms with Crippen LogP contribution in [0.4, 0.5) is 5.69 Å². The average Bonchev–Trinajstić information content (AvgIpc) is 2.59. The maximum absolute atomic E-state index is 10.6. The van der Waals surface area contributed by atoms with Crippen molar-refractivity contribution in [2.24, 2.45) is 5.16 Å². The molecular weight excluding hydrogens is 236 g/mol. The number of aliphatic carboxylic acids is 1. The zero-order valence-corrected chi connectivity index (χ0v) is 9.02. The molecule has 0 radical (unpaired) electrons. The van der Waals surface area contributed by atoms with Crippen molar-refractivity contribution in [3.05, 3.63) is 25.9 Å². The number of hydrogen-bond acceptors (Lipinski definition) is 6. The summed E-state index contributed by atoms with van der Waals surface area (Å²) in [6, 6.07) is 1.21. The Morgan fingerprint density at radius 1 is 1.69 bits per heavy atom. The minimum Gasteiger partial charge on any atom is -0.481 e. The first-order valence-electron chi connectivity index (χ1n) is 4.13. The first-order chi connectivity index (χ1) is 7.45. The number of carboxylic acids is 1. The van der Waals surface area contributed by atoms with Crippen molar-refractivity contribution >= 4 is 28.7 Å². The lowest BCUT2D eigenvalue weighted by atomic mass is 10.2. The second-order valence-corrected chi connectivity index (χ2v) is 4.07. The third kappa shape index (κ3) is 2.54. The van der Waals surface area contributed by atoms with Gasteiger partial charge < -0.3 is 10.3 Å². The lowest BCUT2D eigenvalue weighted by Gasteiger charge is -1.90. The molecule has 86 valence electrons. The van der Waals surface area contributed by atoms with E-state index in [1.54, 1.807) is 0 Å². The number of carboxylic acid groups (broad SMARTS) is 1. The number of hydrogen-bond donors (Lipinski definition) is 2. The molecule has 1 rings (SSSR count). The van der Waals surface area contributed by atoms with E-state index >= 15 is 0 Å². The molecule has 0 spiro atoms. The summed E-state index contributed by atoms with van der Waals surface area (Å²) in [6.07, 6.45) is -0.417. The Kier molecular flexibility index (Phi) is 3.56. The molecule has 1 aromatic rings. The van der Waals surface area contributed by atoms with E-state index in [0.29, 0.717) is 4.88 Å². The summed E-state index contributed by atoms with van der Waals surface area (Å²) in [7, 11) is 0. The Bertz CT molecular complexity index is 465. The zero-order chi connectivity index (χ0) is 12.3. The monoisotopic (exact) mass is 244 g/mol. The molecular formula is C8H8N2O5S. The smallest absolute Gasteiger partial charge is 0.308 e. The summed E-state index contributed by atoms with van der Waals surface area (Å²) in [5.41, 5.74) is -0.0462. The van der Waals surface area contributed by atoms with Crippen molar-refractivity contribution in [2.75, 3.05) is 0 Å². The number of thiophene rings is 1. The van der Waals surface area contributed by atoms with Crippen molar-refractivity contribution in [1.29, 1.82) is 0 Å². The van der Waals surface area contributed by atoms with E-state index in [1.807, 2.05) is 0 Å². The van der Waals surface area contributed by atoms with Gasteiger partial charge in [-0.3, -0.25) is 14.9 Å². The molecule has 8 heteroatoms. The molecule has 0 saturated carbocycles. The van der Waals surface area contributed by atoms with E-state index < -0.39 is 17.3 Å². The van der Waals surface area contributed by atoms with E-state index in [2.05, 4.69) is 5.16 Å². The molecule has 2 N–H and O–H groups in total. The molecule has 0 amide bonds. The van der Waals surface area contributed by atoms with Crippen LogP contribution in [0.15, 0.2) is 11.2 Å². The molecule has 0 aliphatic carbocycles. The van der Waals surface area contributed by atoms with Gasteiger partial charge >= 0.3 is 5.97 Å². The second-order valence-electron chi connectivity index (χ2n) is 2.93. The van der Waals surface area contributed by atoms with E-state index in [0.717, 1.165) is 11.3 Å². The summed E-state index contributed by atoms with van der Waals surface area (Å²) >= 11 is 0.936. The van der Waals surface area contributed by atoms with E-state index in [-0.39, 0.29) is 16.3 Å². The molecule has 0 fully saturated rings. The minimum absolute atomic E-state index is 0.135. The van der Waals surface area contributed by atoms with Crippen LogP contribution in [-0.4, -0.2) is 26.9 Å². The zero-order valence-electron chi connectivity index (χ0n) is 8.21. The molecule has 16 heavy (non-hydrogen) atoms. The van der Waals surface area contributed by atoms with Crippen molar-refractivity contribution in [2.45, 2.75) is 13.3 Å². The van der Waals surface area contributed by atoms with Gasteiger partial charge in [-0.05, 0) is 6.92 Å². The van der Waals surface area contributed by atoms with Crippen LogP contribution >= 0.6 is 11.3 Å². The Balaban J connectivity index is 3.20. The highest BCUT2D eigenvalue weighted by Gasteiger charge is 2.21. The highest BCUT2D eigenvalue weighted by Crippen LogP contribution is 2.30. The van der Waals surface area contributed by atoms with Crippen molar-refractivity contribution in [1.82, 2.24) is 0 Å². The summed E-state index contributed by atoms with van der Waals surface area (Å²) < 4.78 is 0. The standard InChI is InChI=1S/C8H8N2O5S/c1-4(9-13)6-2-5(10(14)15)7(16-6)3-8(11)12/h2,13H,3H2,1H3,(H,11,12)/b9-4+. The third-order valence-corrected chi connectivity index (χ3v) is 3.03. The van der Waals surface area contributed by atoms with Crippen LogP contribution < -0.4 is 0 Å². The van der Waals surface area contributed by atoms with E-state index in [9.17, 15) is 14.9 Å². The molecule has 0 aliphatic rings. The van der Waals surface area contributed by atoms with Gasteiger partial charge in [-0.1, -0.05) is 5.16 Å². The van der Waals surface area contributed by atoms with Gasteiger partial charge in [-0.25, -0.2) is 0 Å². The van der Waals surface area contributed by atoms with Crippen molar-refractivity contribution < 1.29 is 20.0 Å². The molecule has 1 heterocycles. The SMILES string of the molecule is C/C(=N\O)c1cc([N+](=O)[O-])c(CC(=O)O)s1. The number of oxime groups is 1. The van der Waals surface area contributed by atoms with Gasteiger partial charge in [0.25, 0.3) is 5.69 Å². The van der Waals surface area contributed by atoms with Gasteiger partial charge in [-0.2, -0.15) is 0 Å². The lowest BCUT2D eigenvalue weighted by molar-refractivity contribution is -0.385. The first kappa shape index (κ1) is 12.1. The topological polar surface area (TPSA) is 113 Å². The molecule has 0 aliphatic heterocycles. The van der Waals surface area contributed by atoms with Crippen LogP contribution in [0.25, 0.3) is 0 Å². The summed E-state index contributed by atoms with van der Waals surface area (Å²) in [5.74, 6) is -1.14. The van der Waals surface area contributed by atoms with Crippen LogP contribution in [-0.2, 0) is 11.2 Å². The predicted molar refractivity (Wildman–Crippen MR) is 56.3 cm³/mol. The molecule has 7 nitrogen and oxygen atoms in total. The highest BCUT2D eigenvalue weighted by molar-refractivity contribution is 7.14. The van der Waals surface area contributed by atoms with Crippen LogP contribution in [0.1, 0.15) is 16.7 Å². The average molecular weight is 244 g/mol. The fourth-order valence-corrected chi connectivity index (χ4v) is 2.12. The van der Waals surface area contributed by atoms with Crippen molar-refractivity contribution in [3.8, 4) is 0 Å². The minimum atomic E-state index is -1.14. The Hall–Kier alpha value is -1.96.